The first kappa shape index (κ1) is 15.7. The summed E-state index contributed by atoms with van der Waals surface area (Å²) in [7, 11) is 0. The van der Waals surface area contributed by atoms with E-state index in [-0.39, 0.29) is 12.5 Å². The Morgan fingerprint density at radius 2 is 1.90 bits per heavy atom. The van der Waals surface area contributed by atoms with E-state index in [2.05, 4.69) is 5.32 Å². The average Bonchev–Trinajstić information content (AvgIpc) is 2.49. The van der Waals surface area contributed by atoms with Gasteiger partial charge in [0, 0.05) is 5.69 Å². The van der Waals surface area contributed by atoms with Crippen LogP contribution in [0.5, 0.6) is 5.75 Å². The molecule has 3 nitrogen and oxygen atoms in total. The van der Waals surface area contributed by atoms with Crippen LogP contribution >= 0.6 is 23.2 Å². The Kier molecular flexibility index (Phi) is 5.48. The fourth-order valence-corrected chi connectivity index (χ4v) is 2.22. The van der Waals surface area contributed by atoms with Crippen LogP contribution in [0.2, 0.25) is 10.0 Å². The number of halogens is 2. The van der Waals surface area contributed by atoms with Crippen LogP contribution in [0.15, 0.2) is 42.5 Å². The van der Waals surface area contributed by atoms with E-state index in [1.807, 2.05) is 31.2 Å². The summed E-state index contributed by atoms with van der Waals surface area (Å²) in [4.78, 5) is 11.9. The van der Waals surface area contributed by atoms with Crippen molar-refractivity contribution in [3.05, 3.63) is 58.1 Å². The Balaban J connectivity index is 1.98. The van der Waals surface area contributed by atoms with Gasteiger partial charge in [0.1, 0.15) is 10.8 Å². The van der Waals surface area contributed by atoms with Crippen LogP contribution in [-0.4, -0.2) is 12.5 Å². The Morgan fingerprint density at radius 3 is 2.67 bits per heavy atom. The highest BCUT2D eigenvalue weighted by atomic mass is 35.5. The van der Waals surface area contributed by atoms with Crippen LogP contribution in [-0.2, 0) is 11.2 Å². The quantitative estimate of drug-likeness (QED) is 0.875. The van der Waals surface area contributed by atoms with Gasteiger partial charge in [-0.3, -0.25) is 4.79 Å². The number of carbonyl (C=O) groups excluding carboxylic acids is 1. The molecule has 0 spiro atoms. The van der Waals surface area contributed by atoms with E-state index in [0.29, 0.717) is 15.8 Å². The first-order valence-corrected chi connectivity index (χ1v) is 7.32. The molecule has 0 fully saturated rings. The van der Waals surface area contributed by atoms with Crippen molar-refractivity contribution in [2.24, 2.45) is 0 Å². The van der Waals surface area contributed by atoms with Crippen molar-refractivity contribution < 1.29 is 9.53 Å². The van der Waals surface area contributed by atoms with Gasteiger partial charge in [-0.2, -0.15) is 0 Å². The monoisotopic (exact) mass is 323 g/mol. The van der Waals surface area contributed by atoms with E-state index in [4.69, 9.17) is 27.9 Å². The summed E-state index contributed by atoms with van der Waals surface area (Å²) in [5.74, 6) is 0.148. The number of rotatable bonds is 5. The number of hydrogen-bond acceptors (Lipinski definition) is 2. The molecule has 0 atom stereocenters. The smallest absolute Gasteiger partial charge is 0.262 e. The second kappa shape index (κ2) is 7.34. The Morgan fingerprint density at radius 1 is 1.14 bits per heavy atom. The number of ether oxygens (including phenoxy) is 1. The molecule has 1 amide bonds. The molecule has 0 aliphatic heterocycles. The molecule has 2 aromatic rings. The molecule has 0 heterocycles. The van der Waals surface area contributed by atoms with E-state index in [1.165, 1.54) is 0 Å². The highest BCUT2D eigenvalue weighted by Gasteiger charge is 2.09. The predicted molar refractivity (Wildman–Crippen MR) is 86.4 cm³/mol. The highest BCUT2D eigenvalue weighted by molar-refractivity contribution is 6.42. The topological polar surface area (TPSA) is 38.3 Å². The lowest BCUT2D eigenvalue weighted by Crippen LogP contribution is -2.21. The third kappa shape index (κ3) is 4.13. The summed E-state index contributed by atoms with van der Waals surface area (Å²) in [6, 6.07) is 12.7. The fourth-order valence-electron chi connectivity index (χ4n) is 1.88. The van der Waals surface area contributed by atoms with Gasteiger partial charge in [0.2, 0.25) is 0 Å². The molecule has 0 saturated carbocycles. The van der Waals surface area contributed by atoms with Crippen LogP contribution in [0.3, 0.4) is 0 Å². The lowest BCUT2D eigenvalue weighted by atomic mass is 10.1. The van der Waals surface area contributed by atoms with Gasteiger partial charge in [0.25, 0.3) is 5.91 Å². The van der Waals surface area contributed by atoms with Gasteiger partial charge in [-0.15, -0.1) is 0 Å². The molecule has 0 aliphatic rings. The van der Waals surface area contributed by atoms with Crippen molar-refractivity contribution in [1.29, 1.82) is 0 Å². The van der Waals surface area contributed by atoms with Gasteiger partial charge < -0.3 is 10.1 Å². The lowest BCUT2D eigenvalue weighted by molar-refractivity contribution is -0.118. The molecule has 2 aromatic carbocycles. The van der Waals surface area contributed by atoms with E-state index in [0.717, 1.165) is 17.7 Å². The van der Waals surface area contributed by atoms with Crippen LogP contribution in [0.1, 0.15) is 12.5 Å². The lowest BCUT2D eigenvalue weighted by Gasteiger charge is -2.11. The minimum absolute atomic E-state index is 0.127. The molecule has 0 saturated heterocycles. The van der Waals surface area contributed by atoms with E-state index >= 15 is 0 Å². The molecular formula is C16H15Cl2NO2. The Bertz CT molecular complexity index is 644. The zero-order valence-electron chi connectivity index (χ0n) is 11.5. The maximum absolute atomic E-state index is 11.9. The van der Waals surface area contributed by atoms with Gasteiger partial charge in [-0.05, 0) is 30.2 Å². The molecule has 0 unspecified atom stereocenters. The molecule has 1 N–H and O–H groups in total. The van der Waals surface area contributed by atoms with Crippen molar-refractivity contribution in [3.8, 4) is 5.75 Å². The summed E-state index contributed by atoms with van der Waals surface area (Å²) in [5.41, 5.74) is 1.87. The van der Waals surface area contributed by atoms with Gasteiger partial charge in [-0.1, -0.05) is 54.4 Å². The standard InChI is InChI=1S/C16H15Cl2NO2/c1-2-11-6-3-4-8-13(11)19-15(20)10-21-14-9-5-7-12(17)16(14)18/h3-9H,2,10H2,1H3,(H,19,20). The SMILES string of the molecule is CCc1ccccc1NC(=O)COc1cccc(Cl)c1Cl. The number of nitrogens with one attached hydrogen (secondary N) is 1. The number of benzene rings is 2. The summed E-state index contributed by atoms with van der Waals surface area (Å²) in [6.07, 6.45) is 0.845. The van der Waals surface area contributed by atoms with Crippen LogP contribution in [0, 0.1) is 0 Å². The number of aryl methyl sites for hydroxylation is 1. The maximum Gasteiger partial charge on any atom is 0.262 e. The molecule has 2 rings (SSSR count). The fraction of sp³-hybridized carbons (Fsp3) is 0.188. The Hall–Kier alpha value is -1.71. The van der Waals surface area contributed by atoms with Crippen molar-refractivity contribution in [3.63, 3.8) is 0 Å². The second-order valence-electron chi connectivity index (χ2n) is 4.40. The van der Waals surface area contributed by atoms with Gasteiger partial charge >= 0.3 is 0 Å². The number of carbonyl (C=O) groups is 1. The largest absolute Gasteiger partial charge is 0.482 e. The molecule has 0 aliphatic carbocycles. The van der Waals surface area contributed by atoms with Crippen LogP contribution < -0.4 is 10.1 Å². The van der Waals surface area contributed by atoms with E-state index < -0.39 is 0 Å². The zero-order chi connectivity index (χ0) is 15.2. The van der Waals surface area contributed by atoms with E-state index in [1.54, 1.807) is 18.2 Å². The molecule has 110 valence electrons. The minimum atomic E-state index is -0.244. The van der Waals surface area contributed by atoms with Crippen molar-refractivity contribution >= 4 is 34.8 Å². The van der Waals surface area contributed by atoms with Crippen molar-refractivity contribution in [2.45, 2.75) is 13.3 Å². The summed E-state index contributed by atoms with van der Waals surface area (Å²) in [6.45, 7) is 1.91. The number of para-hydroxylation sites is 1. The number of hydrogen-bond donors (Lipinski definition) is 1. The third-order valence-corrected chi connectivity index (χ3v) is 3.75. The number of anilines is 1. The van der Waals surface area contributed by atoms with Gasteiger partial charge in [-0.25, -0.2) is 0 Å². The molecule has 0 aromatic heterocycles. The highest BCUT2D eigenvalue weighted by Crippen LogP contribution is 2.31. The predicted octanol–water partition coefficient (Wildman–Crippen LogP) is 4.57. The summed E-state index contributed by atoms with van der Waals surface area (Å²) < 4.78 is 5.40. The molecule has 0 radical (unpaired) electrons. The Labute approximate surface area is 133 Å². The van der Waals surface area contributed by atoms with Gasteiger partial charge in [0.05, 0.1) is 5.02 Å². The first-order valence-electron chi connectivity index (χ1n) is 6.56. The second-order valence-corrected chi connectivity index (χ2v) is 5.18. The van der Waals surface area contributed by atoms with E-state index in [9.17, 15) is 4.79 Å². The first-order chi connectivity index (χ1) is 10.1. The van der Waals surface area contributed by atoms with Crippen LogP contribution in [0.4, 0.5) is 5.69 Å². The third-order valence-electron chi connectivity index (χ3n) is 2.95. The molecular weight excluding hydrogens is 309 g/mol. The number of amides is 1. The van der Waals surface area contributed by atoms with Crippen molar-refractivity contribution in [2.75, 3.05) is 11.9 Å². The maximum atomic E-state index is 11.9. The normalized spacial score (nSPS) is 10.2. The average molecular weight is 324 g/mol. The van der Waals surface area contributed by atoms with Crippen molar-refractivity contribution in [1.82, 2.24) is 0 Å². The van der Waals surface area contributed by atoms with Crippen LogP contribution in [0.25, 0.3) is 0 Å². The summed E-state index contributed by atoms with van der Waals surface area (Å²) in [5, 5.41) is 3.53. The molecule has 0 bridgehead atoms. The summed E-state index contributed by atoms with van der Waals surface area (Å²) >= 11 is 11.9. The molecule has 21 heavy (non-hydrogen) atoms. The molecule has 5 heteroatoms. The minimum Gasteiger partial charge on any atom is -0.482 e. The van der Waals surface area contributed by atoms with Gasteiger partial charge in [0.15, 0.2) is 6.61 Å². The zero-order valence-corrected chi connectivity index (χ0v) is 13.0.